The molecule has 2 rings (SSSR count). The summed E-state index contributed by atoms with van der Waals surface area (Å²) < 4.78 is 43.2. The molecule has 0 saturated heterocycles. The van der Waals surface area contributed by atoms with Gasteiger partial charge in [0, 0.05) is 17.1 Å². The van der Waals surface area contributed by atoms with E-state index in [0.717, 1.165) is 23.3 Å². The van der Waals surface area contributed by atoms with Crippen LogP contribution >= 0.6 is 11.8 Å². The molecule has 0 fully saturated rings. The Morgan fingerprint density at radius 2 is 1.89 bits per heavy atom. The van der Waals surface area contributed by atoms with E-state index >= 15 is 0 Å². The average molecular weight is 428 g/mol. The van der Waals surface area contributed by atoms with Crippen molar-refractivity contribution in [2.75, 3.05) is 35.7 Å². The van der Waals surface area contributed by atoms with Gasteiger partial charge in [0.05, 0.1) is 19.1 Å². The average Bonchev–Trinajstić information content (AvgIpc) is 2.62. The van der Waals surface area contributed by atoms with Crippen LogP contribution in [0.15, 0.2) is 47.4 Å². The van der Waals surface area contributed by atoms with E-state index in [-0.39, 0.29) is 11.5 Å². The largest absolute Gasteiger partial charge is 0.495 e. The number of halogens is 1. The first kappa shape index (κ1) is 21.8. The number of rotatable bonds is 9. The molecule has 0 heterocycles. The maximum atomic E-state index is 12.8. The monoisotopic (exact) mass is 427 g/mol. The van der Waals surface area contributed by atoms with Crippen molar-refractivity contribution in [2.45, 2.75) is 11.3 Å². The Bertz CT molecular complexity index is 906. The Morgan fingerprint density at radius 1 is 1.18 bits per heavy atom. The number of hydrogen-bond acceptors (Lipinski definition) is 5. The standard InChI is InChI=1S/C18H22FN3O4S2/c1-26-17-9-6-14(12-16(17)22-28(2,24)25)21-18(23)20-10-3-11-27-15-7-4-13(19)5-8-15/h4-9,12,22H,3,10-11H2,1-2H3,(H2,20,21,23). The Balaban J connectivity index is 1.79. The highest BCUT2D eigenvalue weighted by Gasteiger charge is 2.10. The molecule has 3 N–H and O–H groups in total. The molecule has 0 spiro atoms. The number of carbonyl (C=O) groups is 1. The van der Waals surface area contributed by atoms with E-state index < -0.39 is 16.1 Å². The lowest BCUT2D eigenvalue weighted by molar-refractivity contribution is 0.252. The van der Waals surface area contributed by atoms with Crippen molar-refractivity contribution in [1.29, 1.82) is 0 Å². The summed E-state index contributed by atoms with van der Waals surface area (Å²) >= 11 is 1.58. The molecule has 2 amide bonds. The highest BCUT2D eigenvalue weighted by molar-refractivity contribution is 7.99. The van der Waals surface area contributed by atoms with Gasteiger partial charge in [0.25, 0.3) is 0 Å². The molecule has 0 unspecified atom stereocenters. The summed E-state index contributed by atoms with van der Waals surface area (Å²) in [7, 11) is -2.06. The van der Waals surface area contributed by atoms with Crippen LogP contribution in [-0.2, 0) is 10.0 Å². The maximum absolute atomic E-state index is 12.8. The number of carbonyl (C=O) groups excluding carboxylic acids is 1. The van der Waals surface area contributed by atoms with Gasteiger partial charge in [-0.25, -0.2) is 17.6 Å². The fourth-order valence-corrected chi connectivity index (χ4v) is 3.65. The number of anilines is 2. The molecular formula is C18H22FN3O4S2. The summed E-state index contributed by atoms with van der Waals surface area (Å²) in [5.74, 6) is 0.849. The number of hydrogen-bond donors (Lipinski definition) is 3. The van der Waals surface area contributed by atoms with Crippen molar-refractivity contribution in [3.05, 3.63) is 48.3 Å². The topological polar surface area (TPSA) is 96.5 Å². The molecule has 0 atom stereocenters. The molecule has 10 heteroatoms. The summed E-state index contributed by atoms with van der Waals surface area (Å²) in [6.07, 6.45) is 1.77. The van der Waals surface area contributed by atoms with Gasteiger partial charge in [-0.05, 0) is 54.6 Å². The number of methoxy groups -OCH3 is 1. The molecular weight excluding hydrogens is 405 g/mol. The molecule has 0 saturated carbocycles. The van der Waals surface area contributed by atoms with Crippen molar-refractivity contribution in [1.82, 2.24) is 5.32 Å². The predicted molar refractivity (Wildman–Crippen MR) is 110 cm³/mol. The fourth-order valence-electron chi connectivity index (χ4n) is 2.24. The molecule has 0 aromatic heterocycles. The molecule has 7 nitrogen and oxygen atoms in total. The smallest absolute Gasteiger partial charge is 0.319 e. The molecule has 0 bridgehead atoms. The highest BCUT2D eigenvalue weighted by atomic mass is 32.2. The van der Waals surface area contributed by atoms with Gasteiger partial charge >= 0.3 is 6.03 Å². The lowest BCUT2D eigenvalue weighted by atomic mass is 10.2. The van der Waals surface area contributed by atoms with Gasteiger partial charge in [0.1, 0.15) is 11.6 Å². The van der Waals surface area contributed by atoms with E-state index in [4.69, 9.17) is 4.74 Å². The second-order valence-corrected chi connectivity index (χ2v) is 8.74. The molecule has 0 aliphatic carbocycles. The van der Waals surface area contributed by atoms with Crippen LogP contribution in [0.5, 0.6) is 5.75 Å². The summed E-state index contributed by atoms with van der Waals surface area (Å²) in [4.78, 5) is 13.0. The third kappa shape index (κ3) is 7.65. The van der Waals surface area contributed by atoms with E-state index in [9.17, 15) is 17.6 Å². The number of urea groups is 1. The molecule has 0 aliphatic rings. The van der Waals surface area contributed by atoms with Crippen LogP contribution in [0.1, 0.15) is 6.42 Å². The van der Waals surface area contributed by atoms with E-state index in [2.05, 4.69) is 15.4 Å². The second-order valence-electron chi connectivity index (χ2n) is 5.83. The molecule has 0 aliphatic heterocycles. The molecule has 2 aromatic rings. The first-order valence-corrected chi connectivity index (χ1v) is 11.2. The van der Waals surface area contributed by atoms with E-state index in [1.807, 2.05) is 0 Å². The van der Waals surface area contributed by atoms with Gasteiger partial charge in [0.2, 0.25) is 10.0 Å². The number of amides is 2. The van der Waals surface area contributed by atoms with Crippen LogP contribution < -0.4 is 20.1 Å². The lowest BCUT2D eigenvalue weighted by Gasteiger charge is -2.13. The van der Waals surface area contributed by atoms with Gasteiger partial charge in [-0.2, -0.15) is 0 Å². The molecule has 2 aromatic carbocycles. The van der Waals surface area contributed by atoms with Crippen LogP contribution in [0.25, 0.3) is 0 Å². The third-order valence-corrected chi connectivity index (χ3v) is 5.13. The number of nitrogens with one attached hydrogen (secondary N) is 3. The molecule has 28 heavy (non-hydrogen) atoms. The normalized spacial score (nSPS) is 11.0. The fraction of sp³-hybridized carbons (Fsp3) is 0.278. The SMILES string of the molecule is COc1ccc(NC(=O)NCCCSc2ccc(F)cc2)cc1NS(C)(=O)=O. The van der Waals surface area contributed by atoms with Gasteiger partial charge < -0.3 is 15.4 Å². The van der Waals surface area contributed by atoms with Gasteiger partial charge in [-0.15, -0.1) is 11.8 Å². The van der Waals surface area contributed by atoms with E-state index in [1.54, 1.807) is 36.0 Å². The summed E-state index contributed by atoms with van der Waals surface area (Å²) in [5.41, 5.74) is 0.656. The zero-order valence-electron chi connectivity index (χ0n) is 15.5. The highest BCUT2D eigenvalue weighted by Crippen LogP contribution is 2.28. The van der Waals surface area contributed by atoms with Crippen LogP contribution in [0, 0.1) is 5.82 Å². The minimum atomic E-state index is -3.48. The van der Waals surface area contributed by atoms with Crippen LogP contribution in [0.4, 0.5) is 20.6 Å². The first-order chi connectivity index (χ1) is 13.3. The van der Waals surface area contributed by atoms with Crippen LogP contribution in [0.2, 0.25) is 0 Å². The van der Waals surface area contributed by atoms with Crippen molar-refractivity contribution in [3.8, 4) is 5.75 Å². The molecule has 152 valence electrons. The summed E-state index contributed by atoms with van der Waals surface area (Å²) in [6, 6.07) is 10.5. The maximum Gasteiger partial charge on any atom is 0.319 e. The van der Waals surface area contributed by atoms with Gasteiger partial charge in [0.15, 0.2) is 0 Å². The third-order valence-electron chi connectivity index (χ3n) is 3.44. The zero-order chi connectivity index (χ0) is 20.6. The minimum Gasteiger partial charge on any atom is -0.495 e. The summed E-state index contributed by atoms with van der Waals surface area (Å²) in [6.45, 7) is 0.463. The second kappa shape index (κ2) is 10.2. The number of thioether (sulfide) groups is 1. The van der Waals surface area contributed by atoms with Crippen molar-refractivity contribution in [3.63, 3.8) is 0 Å². The zero-order valence-corrected chi connectivity index (χ0v) is 17.1. The quantitative estimate of drug-likeness (QED) is 0.420. The van der Waals surface area contributed by atoms with Gasteiger partial charge in [-0.3, -0.25) is 4.72 Å². The Morgan fingerprint density at radius 3 is 2.54 bits per heavy atom. The molecule has 0 radical (unpaired) electrons. The van der Waals surface area contributed by atoms with Crippen LogP contribution in [0.3, 0.4) is 0 Å². The number of ether oxygens (including phenoxy) is 1. The Hall–Kier alpha value is -2.46. The lowest BCUT2D eigenvalue weighted by Crippen LogP contribution is -2.29. The first-order valence-electron chi connectivity index (χ1n) is 8.36. The minimum absolute atomic E-state index is 0.235. The van der Waals surface area contributed by atoms with Gasteiger partial charge in [-0.1, -0.05) is 0 Å². The number of sulfonamides is 1. The number of benzene rings is 2. The van der Waals surface area contributed by atoms with E-state index in [0.29, 0.717) is 18.0 Å². The van der Waals surface area contributed by atoms with Crippen molar-refractivity contribution in [2.24, 2.45) is 0 Å². The van der Waals surface area contributed by atoms with Crippen molar-refractivity contribution < 1.29 is 22.3 Å². The van der Waals surface area contributed by atoms with Crippen LogP contribution in [-0.4, -0.2) is 40.1 Å². The summed E-state index contributed by atoms with van der Waals surface area (Å²) in [5, 5.41) is 5.37. The Labute approximate surface area is 168 Å². The van der Waals surface area contributed by atoms with E-state index in [1.165, 1.54) is 25.3 Å². The predicted octanol–water partition coefficient (Wildman–Crippen LogP) is 3.51. The Kier molecular flexibility index (Phi) is 7.94. The van der Waals surface area contributed by atoms with Crippen molar-refractivity contribution >= 4 is 39.2 Å².